The standard InChI is InChI=1S/C20H21N5O2/c21-14-15-4-3-5-16(12-15)19(26)23-8-10-24(11-9-23)20(27)18-13-17-6-1-2-7-25(17)22-18/h3-5,12-13H,1-2,6-11H2. The second-order valence-electron chi connectivity index (χ2n) is 6.98. The van der Waals surface area contributed by atoms with Gasteiger partial charge in [0.25, 0.3) is 11.8 Å². The van der Waals surface area contributed by atoms with E-state index in [1.54, 1.807) is 34.1 Å². The Morgan fingerprint density at radius 1 is 0.963 bits per heavy atom. The highest BCUT2D eigenvalue weighted by Crippen LogP contribution is 2.17. The van der Waals surface area contributed by atoms with Gasteiger partial charge in [-0.25, -0.2) is 0 Å². The summed E-state index contributed by atoms with van der Waals surface area (Å²) in [6, 6.07) is 10.7. The highest BCUT2D eigenvalue weighted by molar-refractivity contribution is 5.95. The van der Waals surface area contributed by atoms with Crippen LogP contribution in [0.4, 0.5) is 0 Å². The van der Waals surface area contributed by atoms with Crippen molar-refractivity contribution in [3.05, 3.63) is 52.8 Å². The Bertz CT molecular complexity index is 895. The van der Waals surface area contributed by atoms with Crippen LogP contribution in [0.15, 0.2) is 30.3 Å². The minimum absolute atomic E-state index is 0.0597. The van der Waals surface area contributed by atoms with Crippen LogP contribution in [-0.4, -0.2) is 57.6 Å². The van der Waals surface area contributed by atoms with E-state index in [4.69, 9.17) is 5.26 Å². The van der Waals surface area contributed by atoms with Gasteiger partial charge in [-0.3, -0.25) is 14.3 Å². The number of hydrogen-bond acceptors (Lipinski definition) is 4. The van der Waals surface area contributed by atoms with Gasteiger partial charge in [-0.05, 0) is 43.5 Å². The third-order valence-electron chi connectivity index (χ3n) is 5.23. The molecule has 27 heavy (non-hydrogen) atoms. The summed E-state index contributed by atoms with van der Waals surface area (Å²) in [5.74, 6) is -0.160. The van der Waals surface area contributed by atoms with Gasteiger partial charge in [0.2, 0.25) is 0 Å². The molecule has 0 unspecified atom stereocenters. The van der Waals surface area contributed by atoms with E-state index in [2.05, 4.69) is 11.2 Å². The molecule has 0 atom stereocenters. The number of nitriles is 1. The third-order valence-corrected chi connectivity index (χ3v) is 5.23. The maximum atomic E-state index is 12.8. The van der Waals surface area contributed by atoms with E-state index in [0.717, 1.165) is 31.5 Å². The number of nitrogens with zero attached hydrogens (tertiary/aromatic N) is 5. The van der Waals surface area contributed by atoms with Gasteiger partial charge in [0.15, 0.2) is 5.69 Å². The number of fused-ring (bicyclic) bond motifs is 1. The molecule has 0 radical (unpaired) electrons. The predicted molar refractivity (Wildman–Crippen MR) is 98.1 cm³/mol. The third kappa shape index (κ3) is 3.43. The molecule has 1 saturated heterocycles. The molecule has 2 amide bonds. The minimum Gasteiger partial charge on any atom is -0.335 e. The Morgan fingerprint density at radius 2 is 1.70 bits per heavy atom. The second-order valence-corrected chi connectivity index (χ2v) is 6.98. The van der Waals surface area contributed by atoms with E-state index in [9.17, 15) is 9.59 Å². The Balaban J connectivity index is 1.39. The number of amides is 2. The first-order chi connectivity index (χ1) is 13.2. The van der Waals surface area contributed by atoms with Crippen molar-refractivity contribution in [2.24, 2.45) is 0 Å². The number of hydrogen-bond donors (Lipinski definition) is 0. The highest BCUT2D eigenvalue weighted by Gasteiger charge is 2.27. The van der Waals surface area contributed by atoms with Gasteiger partial charge >= 0.3 is 0 Å². The molecule has 0 bridgehead atoms. The van der Waals surface area contributed by atoms with Gasteiger partial charge in [0.05, 0.1) is 11.6 Å². The van der Waals surface area contributed by atoms with Crippen molar-refractivity contribution >= 4 is 11.8 Å². The van der Waals surface area contributed by atoms with E-state index in [-0.39, 0.29) is 11.8 Å². The maximum absolute atomic E-state index is 12.8. The van der Waals surface area contributed by atoms with Crippen LogP contribution < -0.4 is 0 Å². The first kappa shape index (κ1) is 17.3. The normalized spacial score (nSPS) is 16.6. The van der Waals surface area contributed by atoms with Gasteiger partial charge in [-0.15, -0.1) is 0 Å². The van der Waals surface area contributed by atoms with Gasteiger partial charge in [-0.2, -0.15) is 10.4 Å². The average molecular weight is 363 g/mol. The number of carbonyl (C=O) groups is 2. The molecule has 7 heteroatoms. The fraction of sp³-hybridized carbons (Fsp3) is 0.400. The largest absolute Gasteiger partial charge is 0.335 e. The quantitative estimate of drug-likeness (QED) is 0.813. The molecule has 1 aromatic carbocycles. The van der Waals surface area contributed by atoms with Crippen LogP contribution in [0.5, 0.6) is 0 Å². The first-order valence-electron chi connectivity index (χ1n) is 9.31. The molecule has 0 aliphatic carbocycles. The lowest BCUT2D eigenvalue weighted by Crippen LogP contribution is -2.50. The summed E-state index contributed by atoms with van der Waals surface area (Å²) in [5.41, 5.74) is 2.62. The van der Waals surface area contributed by atoms with Crippen LogP contribution in [0.2, 0.25) is 0 Å². The lowest BCUT2D eigenvalue weighted by molar-refractivity contribution is 0.0532. The molecule has 0 spiro atoms. The van der Waals surface area contributed by atoms with Crippen LogP contribution in [-0.2, 0) is 13.0 Å². The fourth-order valence-corrected chi connectivity index (χ4v) is 3.70. The van der Waals surface area contributed by atoms with Crippen molar-refractivity contribution in [1.29, 1.82) is 5.26 Å². The predicted octanol–water partition coefficient (Wildman–Crippen LogP) is 1.69. The molecule has 138 valence electrons. The molecule has 1 fully saturated rings. The Labute approximate surface area is 157 Å². The molecular formula is C20H21N5O2. The summed E-state index contributed by atoms with van der Waals surface area (Å²) in [6.07, 6.45) is 3.23. The molecule has 1 aromatic heterocycles. The fourth-order valence-electron chi connectivity index (χ4n) is 3.70. The van der Waals surface area contributed by atoms with E-state index in [1.807, 2.05) is 10.7 Å². The molecule has 4 rings (SSSR count). The molecule has 2 aliphatic rings. The second kappa shape index (κ2) is 7.23. The average Bonchev–Trinajstić information content (AvgIpc) is 3.17. The SMILES string of the molecule is N#Cc1cccc(C(=O)N2CCN(C(=O)c3cc4n(n3)CCCC4)CC2)c1. The smallest absolute Gasteiger partial charge is 0.274 e. The number of piperazine rings is 1. The van der Waals surface area contributed by atoms with E-state index in [0.29, 0.717) is 43.0 Å². The summed E-state index contributed by atoms with van der Waals surface area (Å²) in [5, 5.41) is 13.5. The molecule has 0 saturated carbocycles. The first-order valence-corrected chi connectivity index (χ1v) is 9.31. The van der Waals surface area contributed by atoms with Gasteiger partial charge in [-0.1, -0.05) is 6.07 Å². The number of benzene rings is 1. The van der Waals surface area contributed by atoms with Crippen molar-refractivity contribution in [2.45, 2.75) is 25.8 Å². The monoisotopic (exact) mass is 363 g/mol. The zero-order chi connectivity index (χ0) is 18.8. The van der Waals surface area contributed by atoms with E-state index < -0.39 is 0 Å². The molecular weight excluding hydrogens is 342 g/mol. The van der Waals surface area contributed by atoms with E-state index in [1.165, 1.54) is 0 Å². The van der Waals surface area contributed by atoms with Gasteiger partial charge in [0, 0.05) is 44.0 Å². The number of carbonyl (C=O) groups excluding carboxylic acids is 2. The zero-order valence-corrected chi connectivity index (χ0v) is 15.1. The van der Waals surface area contributed by atoms with Crippen molar-refractivity contribution < 1.29 is 9.59 Å². The summed E-state index contributed by atoms with van der Waals surface area (Å²) in [6.45, 7) is 2.83. The van der Waals surface area contributed by atoms with Crippen LogP contribution in [0.25, 0.3) is 0 Å². The summed E-state index contributed by atoms with van der Waals surface area (Å²) >= 11 is 0. The summed E-state index contributed by atoms with van der Waals surface area (Å²) in [4.78, 5) is 28.9. The van der Waals surface area contributed by atoms with Gasteiger partial charge in [0.1, 0.15) is 0 Å². The lowest BCUT2D eigenvalue weighted by atomic mass is 10.1. The topological polar surface area (TPSA) is 82.2 Å². The Kier molecular flexibility index (Phi) is 4.63. The molecule has 0 N–H and O–H groups in total. The van der Waals surface area contributed by atoms with Crippen LogP contribution in [0.1, 0.15) is 44.9 Å². The van der Waals surface area contributed by atoms with Crippen LogP contribution in [0.3, 0.4) is 0 Å². The van der Waals surface area contributed by atoms with Crippen LogP contribution in [0, 0.1) is 11.3 Å². The van der Waals surface area contributed by atoms with Crippen molar-refractivity contribution in [1.82, 2.24) is 19.6 Å². The highest BCUT2D eigenvalue weighted by atomic mass is 16.2. The van der Waals surface area contributed by atoms with Crippen molar-refractivity contribution in [3.8, 4) is 6.07 Å². The number of aryl methyl sites for hydroxylation is 2. The molecule has 7 nitrogen and oxygen atoms in total. The summed E-state index contributed by atoms with van der Waals surface area (Å²) < 4.78 is 1.94. The maximum Gasteiger partial charge on any atom is 0.274 e. The zero-order valence-electron chi connectivity index (χ0n) is 15.1. The lowest BCUT2D eigenvalue weighted by Gasteiger charge is -2.34. The molecule has 2 aromatic rings. The van der Waals surface area contributed by atoms with Gasteiger partial charge < -0.3 is 9.80 Å². The molecule has 2 aliphatic heterocycles. The van der Waals surface area contributed by atoms with Crippen molar-refractivity contribution in [2.75, 3.05) is 26.2 Å². The van der Waals surface area contributed by atoms with Crippen molar-refractivity contribution in [3.63, 3.8) is 0 Å². The Morgan fingerprint density at radius 3 is 2.41 bits per heavy atom. The summed E-state index contributed by atoms with van der Waals surface area (Å²) in [7, 11) is 0. The molecule has 3 heterocycles. The number of aromatic nitrogens is 2. The van der Waals surface area contributed by atoms with E-state index >= 15 is 0 Å². The Hall–Kier alpha value is -3.14. The van der Waals surface area contributed by atoms with Crippen LogP contribution >= 0.6 is 0 Å². The minimum atomic E-state index is -0.100. The number of rotatable bonds is 2.